The smallest absolute Gasteiger partial charge is 0.135 e. The van der Waals surface area contributed by atoms with Crippen molar-refractivity contribution >= 4 is 87.4 Å². The van der Waals surface area contributed by atoms with E-state index in [4.69, 9.17) is 4.42 Å². The summed E-state index contributed by atoms with van der Waals surface area (Å²) >= 11 is 0. The Morgan fingerprint density at radius 3 is 1.19 bits per heavy atom. The summed E-state index contributed by atoms with van der Waals surface area (Å²) in [6, 6.07) is 81.6. The van der Waals surface area contributed by atoms with Crippen LogP contribution in [-0.2, 0) is 0 Å². The Morgan fingerprint density at radius 1 is 0.219 bits per heavy atom. The van der Waals surface area contributed by atoms with Crippen LogP contribution >= 0.6 is 0 Å². The van der Waals surface area contributed by atoms with Gasteiger partial charge in [0.2, 0.25) is 0 Å². The molecule has 64 heavy (non-hydrogen) atoms. The van der Waals surface area contributed by atoms with Crippen LogP contribution in [0, 0.1) is 0 Å². The van der Waals surface area contributed by atoms with Gasteiger partial charge in [0.25, 0.3) is 0 Å². The molecule has 10 aromatic carbocycles. The van der Waals surface area contributed by atoms with Crippen molar-refractivity contribution in [2.75, 3.05) is 0 Å². The molecular formula is C60H37N3O. The lowest BCUT2D eigenvalue weighted by molar-refractivity contribution is 0.669. The van der Waals surface area contributed by atoms with Crippen LogP contribution < -0.4 is 0 Å². The van der Waals surface area contributed by atoms with Crippen molar-refractivity contribution in [3.05, 3.63) is 224 Å². The second-order valence-corrected chi connectivity index (χ2v) is 16.9. The second kappa shape index (κ2) is 13.4. The van der Waals surface area contributed by atoms with Crippen LogP contribution in [0.2, 0.25) is 0 Å². The van der Waals surface area contributed by atoms with Crippen LogP contribution in [0.3, 0.4) is 0 Å². The molecule has 14 aromatic rings. The molecule has 14 rings (SSSR count). The average molecular weight is 816 g/mol. The van der Waals surface area contributed by atoms with Crippen LogP contribution in [0.1, 0.15) is 0 Å². The van der Waals surface area contributed by atoms with Crippen molar-refractivity contribution in [1.82, 2.24) is 13.7 Å². The Balaban J connectivity index is 0.987. The van der Waals surface area contributed by atoms with Gasteiger partial charge in [-0.3, -0.25) is 0 Å². The molecule has 0 N–H and O–H groups in total. The molecule has 0 spiro atoms. The predicted octanol–water partition coefficient (Wildman–Crippen LogP) is 16.2. The number of para-hydroxylation sites is 5. The molecule has 0 aliphatic rings. The highest BCUT2D eigenvalue weighted by atomic mass is 16.3. The Hall–Kier alpha value is -8.60. The van der Waals surface area contributed by atoms with E-state index >= 15 is 0 Å². The zero-order chi connectivity index (χ0) is 41.9. The van der Waals surface area contributed by atoms with Crippen molar-refractivity contribution in [3.8, 4) is 39.3 Å². The fourth-order valence-electron chi connectivity index (χ4n) is 10.5. The maximum absolute atomic E-state index is 6.33. The average Bonchev–Trinajstić information content (AvgIpc) is 4.10. The highest BCUT2D eigenvalue weighted by Gasteiger charge is 2.19. The Bertz CT molecular complexity index is 3970. The van der Waals surface area contributed by atoms with E-state index < -0.39 is 0 Å². The van der Waals surface area contributed by atoms with E-state index in [2.05, 4.69) is 232 Å². The van der Waals surface area contributed by atoms with Crippen LogP contribution in [0.25, 0.3) is 127 Å². The molecule has 4 heterocycles. The third-order valence-corrected chi connectivity index (χ3v) is 13.4. The van der Waals surface area contributed by atoms with Crippen LogP contribution in [0.5, 0.6) is 0 Å². The lowest BCUT2D eigenvalue weighted by Crippen LogP contribution is -1.94. The number of benzene rings is 10. The predicted molar refractivity (Wildman–Crippen MR) is 268 cm³/mol. The van der Waals surface area contributed by atoms with Crippen LogP contribution in [-0.4, -0.2) is 13.7 Å². The van der Waals surface area contributed by atoms with Crippen molar-refractivity contribution in [2.45, 2.75) is 0 Å². The molecule has 0 unspecified atom stereocenters. The number of furan rings is 1. The maximum Gasteiger partial charge on any atom is 0.135 e. The monoisotopic (exact) mass is 815 g/mol. The second-order valence-electron chi connectivity index (χ2n) is 16.9. The molecule has 0 amide bonds. The zero-order valence-electron chi connectivity index (χ0n) is 34.6. The van der Waals surface area contributed by atoms with Crippen LogP contribution in [0.15, 0.2) is 229 Å². The van der Waals surface area contributed by atoms with Crippen molar-refractivity contribution in [2.24, 2.45) is 0 Å². The Labute approximate surface area is 367 Å². The number of rotatable bonds is 5. The molecule has 4 nitrogen and oxygen atoms in total. The Morgan fingerprint density at radius 2 is 0.625 bits per heavy atom. The maximum atomic E-state index is 6.33. The number of aromatic nitrogens is 3. The van der Waals surface area contributed by atoms with E-state index in [9.17, 15) is 0 Å². The van der Waals surface area contributed by atoms with Gasteiger partial charge in [0.15, 0.2) is 0 Å². The summed E-state index contributed by atoms with van der Waals surface area (Å²) in [5.74, 6) is 0. The van der Waals surface area contributed by atoms with E-state index in [0.29, 0.717) is 0 Å². The number of hydrogen-bond acceptors (Lipinski definition) is 1. The van der Waals surface area contributed by atoms with Gasteiger partial charge in [-0.05, 0) is 119 Å². The van der Waals surface area contributed by atoms with E-state index in [-0.39, 0.29) is 0 Å². The molecule has 4 aromatic heterocycles. The first-order chi connectivity index (χ1) is 31.7. The fraction of sp³-hybridized carbons (Fsp3) is 0. The summed E-state index contributed by atoms with van der Waals surface area (Å²) in [6.07, 6.45) is 0. The molecule has 0 bridgehead atoms. The van der Waals surface area contributed by atoms with E-state index in [0.717, 1.165) is 50.0 Å². The third kappa shape index (κ3) is 5.11. The van der Waals surface area contributed by atoms with Gasteiger partial charge < -0.3 is 18.1 Å². The van der Waals surface area contributed by atoms with Gasteiger partial charge in [-0.25, -0.2) is 0 Å². The fourth-order valence-corrected chi connectivity index (χ4v) is 10.5. The number of hydrogen-bond donors (Lipinski definition) is 0. The lowest BCUT2D eigenvalue weighted by Gasteiger charge is -2.11. The standard InChI is InChI=1S/C60H37N3O/c1-3-13-42(14-4-1)61-53-20-10-7-17-45(53)50-33-38(25-30-55(50)61)40-23-28-47-48-29-24-41(39-26-31-56-51(34-39)46-18-8-11-21-54(46)62(56)43-15-5-2-6-16-43)36-58(48)63(57(47)35-40)44-27-32-60-52(37-44)49-19-9-12-22-59(49)64-60/h1-37H. The summed E-state index contributed by atoms with van der Waals surface area (Å²) in [5.41, 5.74) is 17.0. The lowest BCUT2D eigenvalue weighted by atomic mass is 10.00. The highest BCUT2D eigenvalue weighted by Crippen LogP contribution is 2.42. The summed E-state index contributed by atoms with van der Waals surface area (Å²) < 4.78 is 13.5. The molecule has 0 saturated carbocycles. The molecule has 298 valence electrons. The molecule has 0 aliphatic carbocycles. The largest absolute Gasteiger partial charge is 0.456 e. The quantitative estimate of drug-likeness (QED) is 0.170. The molecule has 0 fully saturated rings. The first kappa shape index (κ1) is 35.0. The van der Waals surface area contributed by atoms with Crippen molar-refractivity contribution < 1.29 is 4.42 Å². The molecule has 0 aliphatic heterocycles. The third-order valence-electron chi connectivity index (χ3n) is 13.4. The first-order valence-corrected chi connectivity index (χ1v) is 21.9. The van der Waals surface area contributed by atoms with Gasteiger partial charge in [-0.15, -0.1) is 0 Å². The minimum Gasteiger partial charge on any atom is -0.456 e. The summed E-state index contributed by atoms with van der Waals surface area (Å²) in [7, 11) is 0. The Kier molecular flexibility index (Phi) is 7.36. The van der Waals surface area contributed by atoms with Crippen molar-refractivity contribution in [3.63, 3.8) is 0 Å². The van der Waals surface area contributed by atoms with Gasteiger partial charge in [-0.2, -0.15) is 0 Å². The highest BCUT2D eigenvalue weighted by molar-refractivity contribution is 6.15. The normalized spacial score (nSPS) is 12.1. The molecule has 0 radical (unpaired) electrons. The van der Waals surface area contributed by atoms with E-state index in [1.54, 1.807) is 0 Å². The van der Waals surface area contributed by atoms with Gasteiger partial charge in [0.05, 0.1) is 33.1 Å². The SMILES string of the molecule is c1ccc(-n2c3ccccc3c3cc(-c4ccc5c6ccc(-c7ccc8c(c7)c7ccccc7n8-c7ccccc7)cc6n(-c6ccc7oc8ccccc8c7c6)c5c4)ccc32)cc1. The van der Waals surface area contributed by atoms with Gasteiger partial charge in [0, 0.05) is 60.2 Å². The van der Waals surface area contributed by atoms with E-state index in [1.807, 2.05) is 6.07 Å². The molecule has 0 atom stereocenters. The first-order valence-electron chi connectivity index (χ1n) is 21.9. The van der Waals surface area contributed by atoms with Gasteiger partial charge in [-0.1, -0.05) is 127 Å². The van der Waals surface area contributed by atoms with Gasteiger partial charge >= 0.3 is 0 Å². The van der Waals surface area contributed by atoms with Crippen LogP contribution in [0.4, 0.5) is 0 Å². The minimum atomic E-state index is 0.887. The zero-order valence-corrected chi connectivity index (χ0v) is 34.6. The summed E-state index contributed by atoms with van der Waals surface area (Å²) in [5, 5.41) is 9.62. The minimum absolute atomic E-state index is 0.887. The number of fused-ring (bicyclic) bond motifs is 12. The van der Waals surface area contributed by atoms with Gasteiger partial charge in [0.1, 0.15) is 11.2 Å². The topological polar surface area (TPSA) is 27.9 Å². The summed E-state index contributed by atoms with van der Waals surface area (Å²) in [4.78, 5) is 0. The molecule has 0 saturated heterocycles. The van der Waals surface area contributed by atoms with Crippen molar-refractivity contribution in [1.29, 1.82) is 0 Å². The molecular weight excluding hydrogens is 779 g/mol. The van der Waals surface area contributed by atoms with E-state index in [1.165, 1.54) is 76.6 Å². The summed E-state index contributed by atoms with van der Waals surface area (Å²) in [6.45, 7) is 0. The molecule has 4 heteroatoms. The number of nitrogens with zero attached hydrogens (tertiary/aromatic N) is 3.